The van der Waals surface area contributed by atoms with Gasteiger partial charge in [-0.05, 0) is 54.8 Å². The van der Waals surface area contributed by atoms with Crippen LogP contribution in [0.1, 0.15) is 56.6 Å². The van der Waals surface area contributed by atoms with E-state index < -0.39 is 5.91 Å². The maximum Gasteiger partial charge on any atom is 0.272 e. The molecule has 0 saturated heterocycles. The summed E-state index contributed by atoms with van der Waals surface area (Å²) >= 11 is 0. The average molecular weight is 434 g/mol. The summed E-state index contributed by atoms with van der Waals surface area (Å²) in [5.74, 6) is -0.316. The van der Waals surface area contributed by atoms with E-state index >= 15 is 0 Å². The zero-order valence-electron chi connectivity index (χ0n) is 17.6. The third kappa shape index (κ3) is 3.81. The van der Waals surface area contributed by atoms with Gasteiger partial charge in [0.05, 0.1) is 11.3 Å². The van der Waals surface area contributed by atoms with E-state index in [9.17, 15) is 14.0 Å². The normalized spacial score (nSPS) is 15.4. The lowest BCUT2D eigenvalue weighted by Gasteiger charge is -2.28. The SMILES string of the molecule is Cn1nc(C2CC2)cc1C(=O)N1CCc2nc(N)c(C(=O)Nc3ccc(F)cc3)cc2C1. The van der Waals surface area contributed by atoms with Crippen molar-refractivity contribution in [2.24, 2.45) is 7.05 Å². The Hall–Kier alpha value is -3.75. The van der Waals surface area contributed by atoms with Gasteiger partial charge in [-0.2, -0.15) is 5.10 Å². The first-order valence-electron chi connectivity index (χ1n) is 10.6. The molecule has 32 heavy (non-hydrogen) atoms. The number of aromatic nitrogens is 3. The highest BCUT2D eigenvalue weighted by molar-refractivity contribution is 6.07. The summed E-state index contributed by atoms with van der Waals surface area (Å²) in [6.45, 7) is 0.853. The molecule has 3 aromatic rings. The molecule has 8 nitrogen and oxygen atoms in total. The van der Waals surface area contributed by atoms with Crippen LogP contribution in [0.5, 0.6) is 0 Å². The van der Waals surface area contributed by atoms with E-state index in [1.165, 1.54) is 24.3 Å². The number of fused-ring (bicyclic) bond motifs is 1. The molecule has 1 aliphatic heterocycles. The van der Waals surface area contributed by atoms with Gasteiger partial charge in [0, 0.05) is 43.9 Å². The van der Waals surface area contributed by atoms with Gasteiger partial charge in [-0.15, -0.1) is 0 Å². The minimum atomic E-state index is -0.437. The van der Waals surface area contributed by atoms with E-state index in [1.54, 1.807) is 22.7 Å². The van der Waals surface area contributed by atoms with Gasteiger partial charge in [-0.3, -0.25) is 14.3 Å². The quantitative estimate of drug-likeness (QED) is 0.657. The maximum absolute atomic E-state index is 13.2. The number of nitrogen functional groups attached to an aromatic ring is 1. The van der Waals surface area contributed by atoms with Gasteiger partial charge >= 0.3 is 0 Å². The minimum Gasteiger partial charge on any atom is -0.383 e. The molecule has 9 heteroatoms. The predicted octanol–water partition coefficient (Wildman–Crippen LogP) is 2.86. The average Bonchev–Trinajstić information content (AvgIpc) is 3.56. The number of nitrogens with two attached hydrogens (primary N) is 1. The van der Waals surface area contributed by atoms with Crippen LogP contribution in [0.4, 0.5) is 15.9 Å². The zero-order chi connectivity index (χ0) is 22.4. The fraction of sp³-hybridized carbons (Fsp3) is 0.304. The van der Waals surface area contributed by atoms with Crippen LogP contribution in [-0.2, 0) is 20.0 Å². The standard InChI is InChI=1S/C23H23FN6O2/c1-29-20(11-19(28-29)13-2-3-13)23(32)30-9-8-18-14(12-30)10-17(21(25)27-18)22(31)26-16-6-4-15(24)5-7-16/h4-7,10-11,13H,2-3,8-9,12H2,1H3,(H2,25,27)(H,26,31). The number of nitrogens with one attached hydrogen (secondary N) is 1. The Morgan fingerprint density at radius 3 is 2.66 bits per heavy atom. The number of pyridine rings is 1. The predicted molar refractivity (Wildman–Crippen MR) is 117 cm³/mol. The van der Waals surface area contributed by atoms with Crippen molar-refractivity contribution in [1.82, 2.24) is 19.7 Å². The van der Waals surface area contributed by atoms with Gasteiger partial charge in [-0.1, -0.05) is 0 Å². The van der Waals surface area contributed by atoms with E-state index in [-0.39, 0.29) is 23.1 Å². The minimum absolute atomic E-state index is 0.0910. The van der Waals surface area contributed by atoms with Crippen LogP contribution in [0.2, 0.25) is 0 Å². The molecule has 1 saturated carbocycles. The summed E-state index contributed by atoms with van der Waals surface area (Å²) in [6, 6.07) is 9.05. The van der Waals surface area contributed by atoms with Gasteiger partial charge in [0.15, 0.2) is 0 Å². The van der Waals surface area contributed by atoms with Crippen LogP contribution >= 0.6 is 0 Å². The molecule has 0 bridgehead atoms. The second kappa shape index (κ2) is 7.74. The number of rotatable bonds is 4. The van der Waals surface area contributed by atoms with Gasteiger partial charge in [-0.25, -0.2) is 9.37 Å². The number of amides is 2. The van der Waals surface area contributed by atoms with E-state index in [2.05, 4.69) is 15.4 Å². The molecule has 2 aliphatic rings. The molecular formula is C23H23FN6O2. The number of hydrogen-bond donors (Lipinski definition) is 2. The topological polar surface area (TPSA) is 106 Å². The number of aryl methyl sites for hydroxylation is 1. The van der Waals surface area contributed by atoms with Gasteiger partial charge < -0.3 is 16.0 Å². The Labute approximate surface area is 184 Å². The fourth-order valence-electron chi connectivity index (χ4n) is 4.00. The summed E-state index contributed by atoms with van der Waals surface area (Å²) in [6.07, 6.45) is 2.80. The van der Waals surface area contributed by atoms with Gasteiger partial charge in [0.25, 0.3) is 11.8 Å². The molecule has 0 unspecified atom stereocenters. The molecule has 0 spiro atoms. The van der Waals surface area contributed by atoms with Crippen molar-refractivity contribution in [3.8, 4) is 0 Å². The first-order chi connectivity index (χ1) is 15.4. The molecule has 0 atom stereocenters. The van der Waals surface area contributed by atoms with Gasteiger partial charge in [0.2, 0.25) is 0 Å². The fourth-order valence-corrected chi connectivity index (χ4v) is 4.00. The van der Waals surface area contributed by atoms with Crippen LogP contribution in [-0.4, -0.2) is 38.0 Å². The number of carbonyl (C=O) groups is 2. The van der Waals surface area contributed by atoms with Gasteiger partial charge in [0.1, 0.15) is 17.3 Å². The van der Waals surface area contributed by atoms with Crippen molar-refractivity contribution in [2.75, 3.05) is 17.6 Å². The number of carbonyl (C=O) groups excluding carboxylic acids is 2. The second-order valence-electron chi connectivity index (χ2n) is 8.32. The summed E-state index contributed by atoms with van der Waals surface area (Å²) in [7, 11) is 1.79. The smallest absolute Gasteiger partial charge is 0.272 e. The van der Waals surface area contributed by atoms with Crippen molar-refractivity contribution >= 4 is 23.3 Å². The molecule has 1 aromatic carbocycles. The highest BCUT2D eigenvalue weighted by Gasteiger charge is 2.31. The Morgan fingerprint density at radius 1 is 1.19 bits per heavy atom. The third-order valence-corrected chi connectivity index (χ3v) is 5.95. The Bertz CT molecular complexity index is 1220. The van der Waals surface area contributed by atoms with E-state index in [0.717, 1.165) is 29.8 Å². The van der Waals surface area contributed by atoms with Crippen molar-refractivity contribution in [3.63, 3.8) is 0 Å². The summed E-state index contributed by atoms with van der Waals surface area (Å²) in [5, 5.41) is 7.19. The number of benzene rings is 1. The lowest BCUT2D eigenvalue weighted by Crippen LogP contribution is -2.37. The van der Waals surface area contributed by atoms with E-state index in [1.807, 2.05) is 6.07 Å². The van der Waals surface area contributed by atoms with E-state index in [0.29, 0.717) is 36.8 Å². The molecule has 164 valence electrons. The lowest BCUT2D eigenvalue weighted by atomic mass is 10.0. The first kappa shape index (κ1) is 20.2. The first-order valence-corrected chi connectivity index (χ1v) is 10.6. The zero-order valence-corrected chi connectivity index (χ0v) is 17.6. The van der Waals surface area contributed by atoms with Crippen molar-refractivity contribution in [2.45, 2.75) is 31.7 Å². The second-order valence-corrected chi connectivity index (χ2v) is 8.32. The highest BCUT2D eigenvalue weighted by atomic mass is 19.1. The van der Waals surface area contributed by atoms with Crippen LogP contribution < -0.4 is 11.1 Å². The molecule has 1 fully saturated rings. The Balaban J connectivity index is 1.36. The lowest BCUT2D eigenvalue weighted by molar-refractivity contribution is 0.0722. The monoisotopic (exact) mass is 434 g/mol. The van der Waals surface area contributed by atoms with E-state index in [4.69, 9.17) is 5.73 Å². The van der Waals surface area contributed by atoms with Crippen molar-refractivity contribution in [1.29, 1.82) is 0 Å². The molecule has 3 heterocycles. The van der Waals surface area contributed by atoms with Crippen LogP contribution in [0.3, 0.4) is 0 Å². The van der Waals surface area contributed by atoms with Crippen molar-refractivity contribution < 1.29 is 14.0 Å². The Kier molecular flexibility index (Phi) is 4.88. The molecular weight excluding hydrogens is 411 g/mol. The maximum atomic E-state index is 13.2. The summed E-state index contributed by atoms with van der Waals surface area (Å²) in [4.78, 5) is 32.1. The molecule has 2 aromatic heterocycles. The highest BCUT2D eigenvalue weighted by Crippen LogP contribution is 2.39. The Morgan fingerprint density at radius 2 is 1.94 bits per heavy atom. The largest absolute Gasteiger partial charge is 0.383 e. The van der Waals surface area contributed by atoms with Crippen LogP contribution in [0.25, 0.3) is 0 Å². The molecule has 1 aliphatic carbocycles. The summed E-state index contributed by atoms with van der Waals surface area (Å²) in [5.41, 5.74) is 9.82. The summed E-state index contributed by atoms with van der Waals surface area (Å²) < 4.78 is 14.8. The molecule has 2 amide bonds. The number of halogens is 1. The van der Waals surface area contributed by atoms with Crippen molar-refractivity contribution in [3.05, 3.63) is 70.4 Å². The number of hydrogen-bond acceptors (Lipinski definition) is 5. The molecule has 3 N–H and O–H groups in total. The van der Waals surface area contributed by atoms with Crippen LogP contribution in [0.15, 0.2) is 36.4 Å². The number of nitrogens with zero attached hydrogens (tertiary/aromatic N) is 4. The molecule has 5 rings (SSSR count). The van der Waals surface area contributed by atoms with Crippen LogP contribution in [0, 0.1) is 5.82 Å². The molecule has 0 radical (unpaired) electrons. The number of anilines is 2. The third-order valence-electron chi connectivity index (χ3n) is 5.95.